The van der Waals surface area contributed by atoms with Gasteiger partial charge in [-0.1, -0.05) is 62.7 Å². The summed E-state index contributed by atoms with van der Waals surface area (Å²) in [4.78, 5) is 29.6. The number of anilines is 3. The van der Waals surface area contributed by atoms with Crippen LogP contribution in [0.4, 0.5) is 22.1 Å². The highest BCUT2D eigenvalue weighted by Gasteiger charge is 2.22. The minimum Gasteiger partial charge on any atom is -0.488 e. The van der Waals surface area contributed by atoms with Crippen LogP contribution in [0.2, 0.25) is 0 Å². The summed E-state index contributed by atoms with van der Waals surface area (Å²) in [5.74, 6) is 1.02. The fourth-order valence-corrected chi connectivity index (χ4v) is 4.59. The second kappa shape index (κ2) is 13.2. The van der Waals surface area contributed by atoms with Crippen LogP contribution in [0, 0.1) is 6.92 Å². The molecule has 2 heterocycles. The second-order valence-electron chi connectivity index (χ2n) is 11.6. The van der Waals surface area contributed by atoms with E-state index < -0.39 is 18.2 Å². The lowest BCUT2D eigenvalue weighted by molar-refractivity contribution is -0.125. The maximum Gasteiger partial charge on any atom is 0.324 e. The van der Waals surface area contributed by atoms with Gasteiger partial charge in [0.2, 0.25) is 0 Å². The zero-order chi connectivity index (χ0) is 32.1. The van der Waals surface area contributed by atoms with Gasteiger partial charge in [0, 0.05) is 35.6 Å². The summed E-state index contributed by atoms with van der Waals surface area (Å²) in [7, 11) is 1.35. The van der Waals surface area contributed by atoms with E-state index in [0.717, 1.165) is 33.3 Å². The summed E-state index contributed by atoms with van der Waals surface area (Å²) in [5, 5.41) is 15.0. The molecular formula is C34H37N7O4. The first-order valence-corrected chi connectivity index (χ1v) is 14.5. The van der Waals surface area contributed by atoms with Crippen molar-refractivity contribution in [3.63, 3.8) is 0 Å². The molecule has 0 aliphatic carbocycles. The molecule has 0 fully saturated rings. The summed E-state index contributed by atoms with van der Waals surface area (Å²) in [6.45, 7) is 8.49. The van der Waals surface area contributed by atoms with E-state index >= 15 is 0 Å². The fourth-order valence-electron chi connectivity index (χ4n) is 4.59. The van der Waals surface area contributed by atoms with Crippen molar-refractivity contribution in [1.29, 1.82) is 0 Å². The second-order valence-corrected chi connectivity index (χ2v) is 11.6. The largest absolute Gasteiger partial charge is 0.488 e. The number of pyridine rings is 1. The Bertz CT molecular complexity index is 1830. The zero-order valence-corrected chi connectivity index (χ0v) is 25.9. The Labute approximate surface area is 261 Å². The zero-order valence-electron chi connectivity index (χ0n) is 25.9. The number of aryl methyl sites for hydroxylation is 1. The molecule has 1 atom stereocenters. The number of aromatic nitrogens is 3. The van der Waals surface area contributed by atoms with Crippen LogP contribution in [-0.4, -0.2) is 40.0 Å². The predicted molar refractivity (Wildman–Crippen MR) is 176 cm³/mol. The van der Waals surface area contributed by atoms with Crippen molar-refractivity contribution in [2.45, 2.75) is 45.9 Å². The van der Waals surface area contributed by atoms with Crippen molar-refractivity contribution in [2.75, 3.05) is 23.1 Å². The number of fused-ring (bicyclic) bond motifs is 1. The van der Waals surface area contributed by atoms with Gasteiger partial charge < -0.3 is 20.1 Å². The highest BCUT2D eigenvalue weighted by molar-refractivity contribution is 6.07. The first-order valence-electron chi connectivity index (χ1n) is 14.5. The Morgan fingerprint density at radius 3 is 2.38 bits per heavy atom. The molecule has 0 radical (unpaired) electrons. The molecule has 5 aromatic rings. The third-order valence-electron chi connectivity index (χ3n) is 7.11. The van der Waals surface area contributed by atoms with Crippen molar-refractivity contribution in [3.05, 3.63) is 102 Å². The number of hydrogen-bond acceptors (Lipinski definition) is 7. The maximum absolute atomic E-state index is 13.3. The maximum atomic E-state index is 13.3. The Kier molecular flexibility index (Phi) is 9.12. The fraction of sp³-hybridized carbons (Fsp3) is 0.235. The van der Waals surface area contributed by atoms with Gasteiger partial charge in [0.15, 0.2) is 6.23 Å². The van der Waals surface area contributed by atoms with Crippen molar-refractivity contribution in [2.24, 2.45) is 5.73 Å². The number of nitrogens with zero attached hydrogens (tertiary/aromatic N) is 3. The molecule has 3 amide bonds. The SMILES string of the molecule is CO[C@H](N)C(=O)Nc1cc(COc2ccc(NC(=O)Nc3cc(C(C)(C)C)nn3-c3ccc(C)cc3)c3ccccc23)ccn1. The van der Waals surface area contributed by atoms with Gasteiger partial charge >= 0.3 is 6.03 Å². The average molecular weight is 608 g/mol. The molecule has 3 aromatic carbocycles. The number of carbonyl (C=O) groups is 2. The van der Waals surface area contributed by atoms with Gasteiger partial charge in [-0.3, -0.25) is 15.8 Å². The van der Waals surface area contributed by atoms with E-state index in [9.17, 15) is 9.59 Å². The molecule has 11 nitrogen and oxygen atoms in total. The molecule has 0 saturated carbocycles. The van der Waals surface area contributed by atoms with Gasteiger partial charge in [-0.25, -0.2) is 14.5 Å². The van der Waals surface area contributed by atoms with E-state index in [2.05, 4.69) is 41.7 Å². The first-order chi connectivity index (χ1) is 21.5. The van der Waals surface area contributed by atoms with Gasteiger partial charge in [0.25, 0.3) is 5.91 Å². The molecule has 0 aliphatic rings. The van der Waals surface area contributed by atoms with E-state index in [0.29, 0.717) is 23.1 Å². The van der Waals surface area contributed by atoms with Crippen LogP contribution in [0.1, 0.15) is 37.6 Å². The van der Waals surface area contributed by atoms with Crippen LogP contribution in [-0.2, 0) is 21.6 Å². The summed E-state index contributed by atoms with van der Waals surface area (Å²) < 4.78 is 12.8. The highest BCUT2D eigenvalue weighted by atomic mass is 16.5. The van der Waals surface area contributed by atoms with Crippen LogP contribution < -0.4 is 26.4 Å². The number of urea groups is 1. The smallest absolute Gasteiger partial charge is 0.324 e. The minimum absolute atomic E-state index is 0.210. The lowest BCUT2D eigenvalue weighted by atomic mass is 9.92. The molecule has 0 spiro atoms. The predicted octanol–water partition coefficient (Wildman–Crippen LogP) is 6.12. The van der Waals surface area contributed by atoms with Crippen molar-refractivity contribution >= 4 is 40.0 Å². The third kappa shape index (κ3) is 7.46. The normalized spacial score (nSPS) is 12.0. The number of nitrogens with one attached hydrogen (secondary N) is 3. The number of ether oxygens (including phenoxy) is 2. The number of rotatable bonds is 9. The average Bonchev–Trinajstić information content (AvgIpc) is 3.45. The molecule has 5 rings (SSSR count). The van der Waals surface area contributed by atoms with E-state index in [1.54, 1.807) is 29.1 Å². The van der Waals surface area contributed by atoms with Gasteiger partial charge in [-0.05, 0) is 48.9 Å². The summed E-state index contributed by atoms with van der Waals surface area (Å²) >= 11 is 0. The van der Waals surface area contributed by atoms with Gasteiger partial charge in [-0.2, -0.15) is 5.10 Å². The van der Waals surface area contributed by atoms with E-state index in [1.165, 1.54) is 7.11 Å². The number of benzene rings is 3. The lowest BCUT2D eigenvalue weighted by Gasteiger charge is -2.15. The monoisotopic (exact) mass is 607 g/mol. The Balaban J connectivity index is 1.33. The first kappa shape index (κ1) is 31.2. The molecule has 0 aliphatic heterocycles. The molecule has 232 valence electrons. The molecule has 45 heavy (non-hydrogen) atoms. The topological polar surface area (TPSA) is 145 Å². The number of amides is 3. The molecule has 0 unspecified atom stereocenters. The highest BCUT2D eigenvalue weighted by Crippen LogP contribution is 2.33. The van der Waals surface area contributed by atoms with Crippen LogP contribution in [0.5, 0.6) is 5.75 Å². The third-order valence-corrected chi connectivity index (χ3v) is 7.11. The van der Waals surface area contributed by atoms with Gasteiger partial charge in [-0.15, -0.1) is 0 Å². The quantitative estimate of drug-likeness (QED) is 0.148. The van der Waals surface area contributed by atoms with E-state index in [-0.39, 0.29) is 12.0 Å². The molecular weight excluding hydrogens is 570 g/mol. The van der Waals surface area contributed by atoms with Gasteiger partial charge in [0.1, 0.15) is 24.0 Å². The van der Waals surface area contributed by atoms with Crippen LogP contribution in [0.15, 0.2) is 85.1 Å². The van der Waals surface area contributed by atoms with Crippen molar-refractivity contribution < 1.29 is 19.1 Å². The van der Waals surface area contributed by atoms with Gasteiger partial charge in [0.05, 0.1) is 17.1 Å². The van der Waals surface area contributed by atoms with Crippen molar-refractivity contribution in [1.82, 2.24) is 14.8 Å². The molecule has 0 bridgehead atoms. The number of nitrogens with two attached hydrogens (primary N) is 1. The molecule has 0 saturated heterocycles. The van der Waals surface area contributed by atoms with Crippen molar-refractivity contribution in [3.8, 4) is 11.4 Å². The Hall–Kier alpha value is -5.26. The Morgan fingerprint density at radius 1 is 0.933 bits per heavy atom. The number of carbonyl (C=O) groups excluding carboxylic acids is 2. The molecule has 5 N–H and O–H groups in total. The standard InChI is InChI=1S/C34H37N7O4/c1-21-10-12-23(13-11-21)41-30(19-28(40-41)34(2,3)4)39-33(43)37-26-14-15-27(25-9-7-6-8-24(25)26)45-20-22-16-17-36-29(18-22)38-32(42)31(35)44-5/h6-19,31H,20,35H2,1-5H3,(H,36,38,42)(H2,37,39,43)/t31-/m0/s1. The molecule has 2 aromatic heterocycles. The van der Waals surface area contributed by atoms with Crippen LogP contribution in [0.25, 0.3) is 16.5 Å². The Morgan fingerprint density at radius 2 is 1.67 bits per heavy atom. The summed E-state index contributed by atoms with van der Waals surface area (Å²) in [6, 6.07) is 24.3. The van der Waals surface area contributed by atoms with Crippen LogP contribution in [0.3, 0.4) is 0 Å². The van der Waals surface area contributed by atoms with E-state index in [4.69, 9.17) is 20.3 Å². The summed E-state index contributed by atoms with van der Waals surface area (Å²) in [5.41, 5.74) is 9.64. The number of hydrogen-bond donors (Lipinski definition) is 4. The minimum atomic E-state index is -1.09. The van der Waals surface area contributed by atoms with E-state index in [1.807, 2.05) is 67.6 Å². The molecule has 11 heteroatoms. The van der Waals surface area contributed by atoms with Crippen LogP contribution >= 0.6 is 0 Å². The summed E-state index contributed by atoms with van der Waals surface area (Å²) in [6.07, 6.45) is 0.481. The number of methoxy groups -OCH3 is 1. The lowest BCUT2D eigenvalue weighted by Crippen LogP contribution is -2.37.